The molecule has 0 amide bonds. The largest absolute Gasteiger partial charge is 0.355 e. The molecule has 1 aliphatic rings. The van der Waals surface area contributed by atoms with Crippen molar-refractivity contribution >= 4 is 22.5 Å². The second-order valence-electron chi connectivity index (χ2n) is 8.25. The number of pyridine rings is 1. The molecule has 2 aromatic heterocycles. The molecule has 0 N–H and O–H groups in total. The molecule has 1 fully saturated rings. The quantitative estimate of drug-likeness (QED) is 0.459. The Kier molecular flexibility index (Phi) is 4.93. The predicted molar refractivity (Wildman–Crippen MR) is 126 cm³/mol. The Bertz CT molecular complexity index is 1300. The molecule has 5 rings (SSSR count). The number of imidazole rings is 1. The van der Waals surface area contributed by atoms with E-state index in [9.17, 15) is 5.26 Å². The van der Waals surface area contributed by atoms with Crippen LogP contribution in [0.25, 0.3) is 27.8 Å². The van der Waals surface area contributed by atoms with Crippen molar-refractivity contribution in [2.24, 2.45) is 0 Å². The molecule has 0 bridgehead atoms. The maximum absolute atomic E-state index is 10.1. The highest BCUT2D eigenvalue weighted by atomic mass is 15.3. The van der Waals surface area contributed by atoms with E-state index in [4.69, 9.17) is 4.98 Å². The molecule has 0 unspecified atom stereocenters. The van der Waals surface area contributed by atoms with Crippen molar-refractivity contribution in [3.8, 4) is 17.2 Å². The predicted octanol–water partition coefficient (Wildman–Crippen LogP) is 4.72. The number of para-hydroxylation sites is 2. The monoisotopic (exact) mass is 407 g/mol. The van der Waals surface area contributed by atoms with Crippen molar-refractivity contribution in [3.05, 3.63) is 78.4 Å². The number of hydrogen-bond acceptors (Lipinski definition) is 4. The van der Waals surface area contributed by atoms with Gasteiger partial charge in [0.05, 0.1) is 11.0 Å². The number of anilines is 1. The van der Waals surface area contributed by atoms with Crippen LogP contribution in [0.5, 0.6) is 0 Å². The van der Waals surface area contributed by atoms with Gasteiger partial charge in [-0.2, -0.15) is 5.26 Å². The lowest BCUT2D eigenvalue weighted by molar-refractivity contribution is 0.278. The van der Waals surface area contributed by atoms with E-state index in [1.807, 2.05) is 36.4 Å². The van der Waals surface area contributed by atoms with Gasteiger partial charge in [-0.3, -0.25) is 9.30 Å². The molecule has 1 aliphatic heterocycles. The van der Waals surface area contributed by atoms with Gasteiger partial charge in [-0.25, -0.2) is 4.98 Å². The maximum Gasteiger partial charge on any atom is 0.158 e. The van der Waals surface area contributed by atoms with Gasteiger partial charge in [0.15, 0.2) is 5.65 Å². The minimum Gasteiger partial charge on any atom is -0.355 e. The zero-order valence-electron chi connectivity index (χ0n) is 17.8. The van der Waals surface area contributed by atoms with Crippen molar-refractivity contribution < 1.29 is 0 Å². The summed E-state index contributed by atoms with van der Waals surface area (Å²) in [6, 6.07) is 22.9. The topological polar surface area (TPSA) is 47.6 Å². The van der Waals surface area contributed by atoms with Gasteiger partial charge in [0.1, 0.15) is 17.5 Å². The van der Waals surface area contributed by atoms with E-state index in [0.717, 1.165) is 66.3 Å². The molecule has 154 valence electrons. The highest BCUT2D eigenvalue weighted by Gasteiger charge is 2.24. The van der Waals surface area contributed by atoms with Crippen molar-refractivity contribution in [2.75, 3.05) is 37.6 Å². The maximum atomic E-state index is 10.1. The Morgan fingerprint density at radius 1 is 1.03 bits per heavy atom. The van der Waals surface area contributed by atoms with Crippen LogP contribution < -0.4 is 4.90 Å². The van der Waals surface area contributed by atoms with Crippen LogP contribution in [0.3, 0.4) is 0 Å². The van der Waals surface area contributed by atoms with Crippen molar-refractivity contribution in [1.82, 2.24) is 14.3 Å². The number of nitriles is 1. The Morgan fingerprint density at radius 3 is 2.45 bits per heavy atom. The zero-order valence-corrected chi connectivity index (χ0v) is 17.8. The molecular formula is C26H25N5. The van der Waals surface area contributed by atoms with E-state index < -0.39 is 0 Å². The van der Waals surface area contributed by atoms with E-state index in [0.29, 0.717) is 5.56 Å². The summed E-state index contributed by atoms with van der Waals surface area (Å²) in [5.41, 5.74) is 6.46. The van der Waals surface area contributed by atoms with E-state index >= 15 is 0 Å². The first-order valence-electron chi connectivity index (χ1n) is 10.7. The number of piperazine rings is 1. The molecule has 5 nitrogen and oxygen atoms in total. The molecule has 0 saturated carbocycles. The van der Waals surface area contributed by atoms with E-state index in [-0.39, 0.29) is 0 Å². The lowest BCUT2D eigenvalue weighted by Gasteiger charge is -2.36. The lowest BCUT2D eigenvalue weighted by atomic mass is 10.0. The van der Waals surface area contributed by atoms with Crippen LogP contribution in [0.15, 0.2) is 72.8 Å². The van der Waals surface area contributed by atoms with E-state index in [2.05, 4.69) is 58.0 Å². The summed E-state index contributed by atoms with van der Waals surface area (Å²) in [7, 11) is 0. The van der Waals surface area contributed by atoms with Crippen LogP contribution in [-0.2, 0) is 0 Å². The summed E-state index contributed by atoms with van der Waals surface area (Å²) in [6.45, 7) is 10.9. The lowest BCUT2D eigenvalue weighted by Crippen LogP contribution is -2.47. The fourth-order valence-electron chi connectivity index (χ4n) is 4.52. The second-order valence-corrected chi connectivity index (χ2v) is 8.25. The van der Waals surface area contributed by atoms with Crippen molar-refractivity contribution in [1.29, 1.82) is 5.26 Å². The minimum atomic E-state index is 0.618. The first-order valence-corrected chi connectivity index (χ1v) is 10.7. The number of fused-ring (bicyclic) bond motifs is 3. The molecule has 0 aliphatic carbocycles. The normalized spacial score (nSPS) is 14.8. The standard InChI is InChI=1S/C26H25N5/c1-19(2)18-29-12-14-30(15-13-29)25-16-21(20-8-4-3-5-9-20)22(17-27)26-28-23-10-6-7-11-24(23)31(25)26/h3-11,16H,1,12-15,18H2,2H3. The molecule has 1 saturated heterocycles. The van der Waals surface area contributed by atoms with Crippen LogP contribution in [0.4, 0.5) is 5.82 Å². The van der Waals surface area contributed by atoms with Crippen LogP contribution in [0, 0.1) is 11.3 Å². The third-order valence-electron chi connectivity index (χ3n) is 5.94. The third-order valence-corrected chi connectivity index (χ3v) is 5.94. The fraction of sp³-hybridized carbons (Fsp3) is 0.231. The van der Waals surface area contributed by atoms with Crippen LogP contribution in [-0.4, -0.2) is 47.0 Å². The van der Waals surface area contributed by atoms with Gasteiger partial charge in [-0.05, 0) is 30.7 Å². The fourth-order valence-corrected chi connectivity index (χ4v) is 4.52. The van der Waals surface area contributed by atoms with Crippen LogP contribution >= 0.6 is 0 Å². The molecule has 5 heteroatoms. The summed E-state index contributed by atoms with van der Waals surface area (Å²) in [5, 5.41) is 10.1. The molecular weight excluding hydrogens is 382 g/mol. The first-order chi connectivity index (χ1) is 15.2. The van der Waals surface area contributed by atoms with Gasteiger partial charge >= 0.3 is 0 Å². The highest BCUT2D eigenvalue weighted by molar-refractivity contribution is 5.89. The summed E-state index contributed by atoms with van der Waals surface area (Å²) in [5.74, 6) is 1.09. The summed E-state index contributed by atoms with van der Waals surface area (Å²) < 4.78 is 2.16. The summed E-state index contributed by atoms with van der Waals surface area (Å²) in [4.78, 5) is 9.74. The van der Waals surface area contributed by atoms with Crippen molar-refractivity contribution in [3.63, 3.8) is 0 Å². The highest BCUT2D eigenvalue weighted by Crippen LogP contribution is 2.34. The third kappa shape index (κ3) is 3.45. The average Bonchev–Trinajstić information content (AvgIpc) is 3.18. The molecule has 0 atom stereocenters. The molecule has 0 spiro atoms. The molecule has 2 aromatic carbocycles. The number of nitrogens with zero attached hydrogens (tertiary/aromatic N) is 5. The molecule has 4 aromatic rings. The van der Waals surface area contributed by atoms with E-state index in [1.165, 1.54) is 5.57 Å². The number of hydrogen-bond donors (Lipinski definition) is 0. The van der Waals surface area contributed by atoms with Gasteiger partial charge in [0.25, 0.3) is 0 Å². The molecule has 31 heavy (non-hydrogen) atoms. The van der Waals surface area contributed by atoms with Gasteiger partial charge in [0.2, 0.25) is 0 Å². The first kappa shape index (κ1) is 19.3. The SMILES string of the molecule is C=C(C)CN1CCN(c2cc(-c3ccccc3)c(C#N)c3nc4ccccc4n23)CC1. The Morgan fingerprint density at radius 2 is 1.74 bits per heavy atom. The van der Waals surface area contributed by atoms with Gasteiger partial charge in [0, 0.05) is 38.3 Å². The number of aromatic nitrogens is 2. The summed E-state index contributed by atoms with van der Waals surface area (Å²) in [6.07, 6.45) is 0. The smallest absolute Gasteiger partial charge is 0.158 e. The van der Waals surface area contributed by atoms with Gasteiger partial charge in [-0.1, -0.05) is 54.6 Å². The van der Waals surface area contributed by atoms with Crippen LogP contribution in [0.2, 0.25) is 0 Å². The molecule has 0 radical (unpaired) electrons. The Hall–Kier alpha value is -3.62. The van der Waals surface area contributed by atoms with Crippen LogP contribution in [0.1, 0.15) is 12.5 Å². The van der Waals surface area contributed by atoms with Gasteiger partial charge < -0.3 is 4.90 Å². The number of rotatable bonds is 4. The Balaban J connectivity index is 1.70. The minimum absolute atomic E-state index is 0.618. The summed E-state index contributed by atoms with van der Waals surface area (Å²) >= 11 is 0. The van der Waals surface area contributed by atoms with Crippen molar-refractivity contribution in [2.45, 2.75) is 6.92 Å². The van der Waals surface area contributed by atoms with Gasteiger partial charge in [-0.15, -0.1) is 0 Å². The molecule has 3 heterocycles. The number of benzene rings is 2. The Labute approximate surface area is 182 Å². The second kappa shape index (κ2) is 7.90. The zero-order chi connectivity index (χ0) is 21.4. The van der Waals surface area contributed by atoms with E-state index in [1.54, 1.807) is 0 Å². The average molecular weight is 408 g/mol.